The molecule has 0 aliphatic rings. The smallest absolute Gasteiger partial charge is 0.339 e. The van der Waals surface area contributed by atoms with Crippen molar-refractivity contribution >= 4 is 5.97 Å². The minimum absolute atomic E-state index is 0.287. The van der Waals surface area contributed by atoms with Gasteiger partial charge in [-0.05, 0) is 48.4 Å². The van der Waals surface area contributed by atoms with Crippen molar-refractivity contribution in [3.63, 3.8) is 0 Å². The largest absolute Gasteiger partial charge is 0.465 e. The molecule has 0 saturated carbocycles. The van der Waals surface area contributed by atoms with Crippen molar-refractivity contribution in [2.45, 2.75) is 13.5 Å². The van der Waals surface area contributed by atoms with Crippen LogP contribution < -0.4 is 0 Å². The van der Waals surface area contributed by atoms with Crippen molar-refractivity contribution in [3.8, 4) is 11.3 Å². The highest BCUT2D eigenvalue weighted by atomic mass is 19.1. The number of rotatable bonds is 4. The van der Waals surface area contributed by atoms with Gasteiger partial charge < -0.3 is 9.30 Å². The molecule has 0 radical (unpaired) electrons. The topological polar surface area (TPSA) is 31.2 Å². The fourth-order valence-electron chi connectivity index (χ4n) is 2.79. The quantitative estimate of drug-likeness (QED) is 0.665. The summed E-state index contributed by atoms with van der Waals surface area (Å²) in [4.78, 5) is 12.0. The number of methoxy groups -OCH3 is 1. The third-order valence-corrected chi connectivity index (χ3v) is 4.10. The van der Waals surface area contributed by atoms with Gasteiger partial charge in [0.25, 0.3) is 0 Å². The molecule has 4 heteroatoms. The van der Waals surface area contributed by atoms with Crippen LogP contribution in [0.2, 0.25) is 0 Å². The van der Waals surface area contributed by atoms with Crippen LogP contribution in [0.4, 0.5) is 4.39 Å². The molecule has 0 N–H and O–H groups in total. The van der Waals surface area contributed by atoms with E-state index in [0.29, 0.717) is 12.1 Å². The normalized spacial score (nSPS) is 10.6. The Hall–Kier alpha value is -2.88. The van der Waals surface area contributed by atoms with Gasteiger partial charge in [-0.1, -0.05) is 30.3 Å². The molecule has 2 aromatic carbocycles. The molecule has 24 heavy (non-hydrogen) atoms. The molecule has 0 aliphatic carbocycles. The van der Waals surface area contributed by atoms with E-state index in [2.05, 4.69) is 4.57 Å². The number of halogens is 1. The van der Waals surface area contributed by atoms with Gasteiger partial charge in [-0.25, -0.2) is 9.18 Å². The first-order chi connectivity index (χ1) is 11.6. The maximum atomic E-state index is 13.2. The van der Waals surface area contributed by atoms with E-state index in [1.54, 1.807) is 18.2 Å². The van der Waals surface area contributed by atoms with Crippen molar-refractivity contribution in [1.82, 2.24) is 4.57 Å². The van der Waals surface area contributed by atoms with Crippen LogP contribution in [-0.2, 0) is 11.3 Å². The highest BCUT2D eigenvalue weighted by molar-refractivity contribution is 5.92. The summed E-state index contributed by atoms with van der Waals surface area (Å²) in [5, 5.41) is 0. The highest BCUT2D eigenvalue weighted by Crippen LogP contribution is 2.27. The van der Waals surface area contributed by atoms with Gasteiger partial charge in [0.2, 0.25) is 0 Å². The lowest BCUT2D eigenvalue weighted by Crippen LogP contribution is -2.07. The number of carbonyl (C=O) groups excluding carboxylic acids is 1. The molecule has 0 saturated heterocycles. The molecule has 0 amide bonds. The summed E-state index contributed by atoms with van der Waals surface area (Å²) in [6.45, 7) is 2.51. The lowest BCUT2D eigenvalue weighted by atomic mass is 10.1. The van der Waals surface area contributed by atoms with Gasteiger partial charge in [-0.2, -0.15) is 0 Å². The van der Waals surface area contributed by atoms with Crippen LogP contribution in [0.25, 0.3) is 11.3 Å². The summed E-state index contributed by atoms with van der Waals surface area (Å²) in [7, 11) is 1.37. The van der Waals surface area contributed by atoms with Gasteiger partial charge in [0.05, 0.1) is 12.7 Å². The number of carbonyl (C=O) groups is 1. The van der Waals surface area contributed by atoms with E-state index < -0.39 is 0 Å². The van der Waals surface area contributed by atoms with Gasteiger partial charge >= 0.3 is 5.97 Å². The SMILES string of the molecule is COC(=O)c1cc(-c2ccc(F)cc2)n(Cc2ccccc2)c1C. The van der Waals surface area contributed by atoms with Crippen molar-refractivity contribution in [2.24, 2.45) is 0 Å². The van der Waals surface area contributed by atoms with Crippen molar-refractivity contribution < 1.29 is 13.9 Å². The van der Waals surface area contributed by atoms with E-state index in [4.69, 9.17) is 4.74 Å². The highest BCUT2D eigenvalue weighted by Gasteiger charge is 2.19. The minimum Gasteiger partial charge on any atom is -0.465 e. The van der Waals surface area contributed by atoms with Crippen LogP contribution in [0.1, 0.15) is 21.6 Å². The summed E-state index contributed by atoms with van der Waals surface area (Å²) < 4.78 is 20.2. The first-order valence-corrected chi connectivity index (χ1v) is 7.68. The Labute approximate surface area is 140 Å². The van der Waals surface area contributed by atoms with E-state index in [9.17, 15) is 9.18 Å². The number of esters is 1. The number of benzene rings is 2. The average Bonchev–Trinajstić information content (AvgIpc) is 2.93. The van der Waals surface area contributed by atoms with Crippen LogP contribution in [0.15, 0.2) is 60.7 Å². The first-order valence-electron chi connectivity index (χ1n) is 7.68. The van der Waals surface area contributed by atoms with Crippen molar-refractivity contribution in [1.29, 1.82) is 0 Å². The van der Waals surface area contributed by atoms with Gasteiger partial charge in [-0.15, -0.1) is 0 Å². The number of nitrogens with zero attached hydrogens (tertiary/aromatic N) is 1. The van der Waals surface area contributed by atoms with Gasteiger partial charge in [0.1, 0.15) is 5.82 Å². The van der Waals surface area contributed by atoms with Crippen molar-refractivity contribution in [3.05, 3.63) is 83.3 Å². The Morgan fingerprint density at radius 3 is 2.38 bits per heavy atom. The van der Waals surface area contributed by atoms with Crippen LogP contribution in [0.5, 0.6) is 0 Å². The molecule has 0 bridgehead atoms. The van der Waals surface area contributed by atoms with Gasteiger partial charge in [0.15, 0.2) is 0 Å². The monoisotopic (exact) mass is 323 g/mol. The second-order valence-corrected chi connectivity index (χ2v) is 5.60. The molecule has 122 valence electrons. The molecular formula is C20H18FNO2. The number of hydrogen-bond donors (Lipinski definition) is 0. The maximum Gasteiger partial charge on any atom is 0.339 e. The van der Waals surface area contributed by atoms with E-state index in [1.807, 2.05) is 37.3 Å². The average molecular weight is 323 g/mol. The first kappa shape index (κ1) is 16.0. The van der Waals surface area contributed by atoms with Gasteiger partial charge in [-0.3, -0.25) is 0 Å². The molecule has 1 heterocycles. The molecule has 3 aromatic rings. The summed E-state index contributed by atoms with van der Waals surface area (Å²) in [6, 6.07) is 18.1. The number of ether oxygens (including phenoxy) is 1. The Bertz CT molecular complexity index is 851. The Morgan fingerprint density at radius 2 is 1.75 bits per heavy atom. The van der Waals surface area contributed by atoms with Crippen LogP contribution in [0.3, 0.4) is 0 Å². The zero-order valence-electron chi connectivity index (χ0n) is 13.6. The fraction of sp³-hybridized carbons (Fsp3) is 0.150. The zero-order valence-corrected chi connectivity index (χ0v) is 13.6. The molecule has 1 aromatic heterocycles. The molecule has 3 nitrogen and oxygen atoms in total. The lowest BCUT2D eigenvalue weighted by Gasteiger charge is -2.12. The third kappa shape index (κ3) is 3.08. The third-order valence-electron chi connectivity index (χ3n) is 4.10. The summed E-state index contributed by atoms with van der Waals surface area (Å²) >= 11 is 0. The second kappa shape index (κ2) is 6.71. The molecule has 0 spiro atoms. The Kier molecular flexibility index (Phi) is 4.47. The Balaban J connectivity index is 2.12. The van der Waals surface area contributed by atoms with Crippen LogP contribution in [-0.4, -0.2) is 17.6 Å². The molecular weight excluding hydrogens is 305 g/mol. The predicted octanol–water partition coefficient (Wildman–Crippen LogP) is 4.44. The molecule has 0 unspecified atom stereocenters. The summed E-state index contributed by atoms with van der Waals surface area (Å²) in [5.41, 5.74) is 4.18. The zero-order chi connectivity index (χ0) is 17.1. The number of hydrogen-bond acceptors (Lipinski definition) is 2. The molecule has 3 rings (SSSR count). The summed E-state index contributed by atoms with van der Waals surface area (Å²) in [6.07, 6.45) is 0. The lowest BCUT2D eigenvalue weighted by molar-refractivity contribution is 0.0600. The van der Waals surface area contributed by atoms with Crippen LogP contribution in [0, 0.1) is 12.7 Å². The van der Waals surface area contributed by atoms with E-state index in [-0.39, 0.29) is 11.8 Å². The predicted molar refractivity (Wildman–Crippen MR) is 91.4 cm³/mol. The molecule has 0 atom stereocenters. The van der Waals surface area contributed by atoms with Crippen molar-refractivity contribution in [2.75, 3.05) is 7.11 Å². The summed E-state index contributed by atoms with van der Waals surface area (Å²) in [5.74, 6) is -0.660. The number of aromatic nitrogens is 1. The Morgan fingerprint density at radius 1 is 1.08 bits per heavy atom. The maximum absolute atomic E-state index is 13.2. The fourth-order valence-corrected chi connectivity index (χ4v) is 2.79. The van der Waals surface area contributed by atoms with Crippen LogP contribution >= 0.6 is 0 Å². The standard InChI is InChI=1S/C20H18FNO2/c1-14-18(20(23)24-2)12-19(16-8-10-17(21)11-9-16)22(14)13-15-6-4-3-5-7-15/h3-12H,13H2,1-2H3. The van der Waals surface area contributed by atoms with Gasteiger partial charge in [0, 0.05) is 17.9 Å². The van der Waals surface area contributed by atoms with E-state index >= 15 is 0 Å². The minimum atomic E-state index is -0.373. The molecule has 0 aliphatic heterocycles. The van der Waals surface area contributed by atoms with E-state index in [0.717, 1.165) is 22.5 Å². The second-order valence-electron chi connectivity index (χ2n) is 5.60. The van der Waals surface area contributed by atoms with E-state index in [1.165, 1.54) is 19.2 Å². The molecule has 0 fully saturated rings.